The van der Waals surface area contributed by atoms with E-state index in [1.54, 1.807) is 0 Å². The quantitative estimate of drug-likeness (QED) is 0.795. The van der Waals surface area contributed by atoms with Crippen molar-refractivity contribution in [1.82, 2.24) is 5.32 Å². The Labute approximate surface area is 119 Å². The van der Waals surface area contributed by atoms with E-state index < -0.39 is 11.9 Å². The van der Waals surface area contributed by atoms with Gasteiger partial charge in [-0.25, -0.2) is 0 Å². The highest BCUT2D eigenvalue weighted by atomic mass is 16.2. The summed E-state index contributed by atoms with van der Waals surface area (Å²) in [6, 6.07) is -0.687. The summed E-state index contributed by atoms with van der Waals surface area (Å²) in [5.74, 6) is -0.140. The van der Waals surface area contributed by atoms with E-state index in [0.29, 0.717) is 25.2 Å². The van der Waals surface area contributed by atoms with Crippen molar-refractivity contribution in [1.29, 1.82) is 0 Å². The summed E-state index contributed by atoms with van der Waals surface area (Å²) in [5.41, 5.74) is 5.40. The summed E-state index contributed by atoms with van der Waals surface area (Å²) < 4.78 is 0. The molecule has 2 amide bonds. The molecule has 3 N–H and O–H groups in total. The zero-order valence-electron chi connectivity index (χ0n) is 11.9. The van der Waals surface area contributed by atoms with Gasteiger partial charge in [-0.15, -0.1) is 0 Å². The summed E-state index contributed by atoms with van der Waals surface area (Å²) in [4.78, 5) is 35.1. The highest BCUT2D eigenvalue weighted by molar-refractivity contribution is 5.88. The number of rotatable bonds is 5. The van der Waals surface area contributed by atoms with Crippen LogP contribution in [0, 0.1) is 11.8 Å². The van der Waals surface area contributed by atoms with Gasteiger partial charge in [0.25, 0.3) is 0 Å². The van der Waals surface area contributed by atoms with Crippen molar-refractivity contribution < 1.29 is 14.4 Å². The molecule has 0 unspecified atom stereocenters. The molecule has 112 valence electrons. The van der Waals surface area contributed by atoms with Crippen molar-refractivity contribution in [2.75, 3.05) is 0 Å². The van der Waals surface area contributed by atoms with Gasteiger partial charge in [0.1, 0.15) is 11.8 Å². The smallest absolute Gasteiger partial charge is 0.240 e. The molecule has 5 heteroatoms. The monoisotopic (exact) mass is 280 g/mol. The second kappa shape index (κ2) is 6.86. The minimum absolute atomic E-state index is 0.0984. The zero-order chi connectivity index (χ0) is 14.5. The van der Waals surface area contributed by atoms with Gasteiger partial charge in [0.15, 0.2) is 0 Å². The molecule has 0 radical (unpaired) electrons. The summed E-state index contributed by atoms with van der Waals surface area (Å²) in [6.45, 7) is 0. The standard InChI is InChI=1S/C15H24N2O3/c16-15(20)14(11-6-3-7-12(18)9-11)17-13(19)8-10-4-1-2-5-10/h10-11,14H,1-9H2,(H2,16,20)(H,17,19)/t11-,14+/m0/s1. The SMILES string of the molecule is NC(=O)[C@H](NC(=O)CC1CCCC1)[C@H]1CCCC(=O)C1. The molecule has 20 heavy (non-hydrogen) atoms. The topological polar surface area (TPSA) is 89.3 Å². The summed E-state index contributed by atoms with van der Waals surface area (Å²) in [5, 5.41) is 2.77. The molecule has 0 saturated heterocycles. The van der Waals surface area contributed by atoms with Crippen molar-refractivity contribution in [3.05, 3.63) is 0 Å². The maximum atomic E-state index is 12.0. The van der Waals surface area contributed by atoms with Crippen LogP contribution in [0.3, 0.4) is 0 Å². The van der Waals surface area contributed by atoms with E-state index in [1.807, 2.05) is 0 Å². The molecule has 2 atom stereocenters. The number of nitrogens with two attached hydrogens (primary N) is 1. The Kier molecular flexibility index (Phi) is 5.15. The lowest BCUT2D eigenvalue weighted by atomic mass is 9.82. The number of amides is 2. The van der Waals surface area contributed by atoms with Crippen LogP contribution in [-0.4, -0.2) is 23.6 Å². The van der Waals surface area contributed by atoms with Crippen LogP contribution in [-0.2, 0) is 14.4 Å². The minimum Gasteiger partial charge on any atom is -0.368 e. The second-order valence-electron chi connectivity index (χ2n) is 6.20. The van der Waals surface area contributed by atoms with E-state index in [2.05, 4.69) is 5.32 Å². The predicted molar refractivity (Wildman–Crippen MR) is 74.7 cm³/mol. The number of primary amides is 1. The molecule has 2 rings (SSSR count). The van der Waals surface area contributed by atoms with E-state index in [0.717, 1.165) is 25.7 Å². The molecule has 2 aliphatic carbocycles. The van der Waals surface area contributed by atoms with Crippen molar-refractivity contribution in [2.45, 2.75) is 63.8 Å². The molecule has 0 aromatic heterocycles. The largest absolute Gasteiger partial charge is 0.368 e. The second-order valence-corrected chi connectivity index (χ2v) is 6.20. The average molecular weight is 280 g/mol. The Morgan fingerprint density at radius 2 is 1.90 bits per heavy atom. The van der Waals surface area contributed by atoms with Crippen LogP contribution in [0.15, 0.2) is 0 Å². The number of hydrogen-bond acceptors (Lipinski definition) is 3. The highest BCUT2D eigenvalue weighted by Crippen LogP contribution is 2.28. The van der Waals surface area contributed by atoms with Crippen LogP contribution in [0.25, 0.3) is 0 Å². The van der Waals surface area contributed by atoms with Crippen LogP contribution in [0.5, 0.6) is 0 Å². The average Bonchev–Trinajstić information content (AvgIpc) is 2.88. The van der Waals surface area contributed by atoms with Crippen molar-refractivity contribution in [3.8, 4) is 0 Å². The normalized spacial score (nSPS) is 25.4. The van der Waals surface area contributed by atoms with Crippen LogP contribution >= 0.6 is 0 Å². The van der Waals surface area contributed by atoms with Crippen molar-refractivity contribution in [3.63, 3.8) is 0 Å². The maximum absolute atomic E-state index is 12.0. The van der Waals surface area contributed by atoms with Gasteiger partial charge in [-0.1, -0.05) is 12.8 Å². The first kappa shape index (κ1) is 15.0. The molecule has 2 fully saturated rings. The molecule has 5 nitrogen and oxygen atoms in total. The molecule has 2 saturated carbocycles. The molecule has 0 aromatic carbocycles. The van der Waals surface area contributed by atoms with Gasteiger partial charge in [0.05, 0.1) is 0 Å². The Bertz CT molecular complexity index is 389. The lowest BCUT2D eigenvalue weighted by molar-refractivity contribution is -0.131. The summed E-state index contributed by atoms with van der Waals surface area (Å²) in [6.07, 6.45) is 7.55. The number of carbonyl (C=O) groups is 3. The first-order valence-corrected chi connectivity index (χ1v) is 7.66. The maximum Gasteiger partial charge on any atom is 0.240 e. The molecular weight excluding hydrogens is 256 g/mol. The Balaban J connectivity index is 1.89. The molecule has 0 spiro atoms. The summed E-state index contributed by atoms with van der Waals surface area (Å²) >= 11 is 0. The highest BCUT2D eigenvalue weighted by Gasteiger charge is 2.32. The first-order valence-electron chi connectivity index (χ1n) is 7.66. The molecule has 2 aliphatic rings. The lowest BCUT2D eigenvalue weighted by Crippen LogP contribution is -2.50. The minimum atomic E-state index is -0.687. The first-order chi connectivity index (χ1) is 9.56. The van der Waals surface area contributed by atoms with E-state index in [4.69, 9.17) is 5.73 Å². The molecule has 0 heterocycles. The van der Waals surface area contributed by atoms with Crippen LogP contribution < -0.4 is 11.1 Å². The third-order valence-electron chi connectivity index (χ3n) is 4.56. The van der Waals surface area contributed by atoms with Crippen molar-refractivity contribution in [2.24, 2.45) is 17.6 Å². The van der Waals surface area contributed by atoms with E-state index in [1.165, 1.54) is 12.8 Å². The van der Waals surface area contributed by atoms with Gasteiger partial charge in [-0.2, -0.15) is 0 Å². The Hall–Kier alpha value is -1.39. The number of ketones is 1. The van der Waals surface area contributed by atoms with E-state index in [9.17, 15) is 14.4 Å². The fourth-order valence-electron chi connectivity index (χ4n) is 3.47. The van der Waals surface area contributed by atoms with Crippen molar-refractivity contribution >= 4 is 17.6 Å². The number of Topliss-reactive ketones (excluding diaryl/α,β-unsaturated/α-hetero) is 1. The fraction of sp³-hybridized carbons (Fsp3) is 0.800. The fourth-order valence-corrected chi connectivity index (χ4v) is 3.47. The number of hydrogen-bond donors (Lipinski definition) is 2. The van der Waals surface area contributed by atoms with Gasteiger partial charge >= 0.3 is 0 Å². The number of nitrogens with one attached hydrogen (secondary N) is 1. The zero-order valence-corrected chi connectivity index (χ0v) is 11.9. The molecular formula is C15H24N2O3. The third-order valence-corrected chi connectivity index (χ3v) is 4.56. The Morgan fingerprint density at radius 1 is 1.20 bits per heavy atom. The van der Waals surface area contributed by atoms with Gasteiger partial charge in [-0.05, 0) is 37.5 Å². The number of carbonyl (C=O) groups excluding carboxylic acids is 3. The molecule has 0 aliphatic heterocycles. The van der Waals surface area contributed by atoms with E-state index in [-0.39, 0.29) is 17.6 Å². The van der Waals surface area contributed by atoms with Crippen LogP contribution in [0.1, 0.15) is 57.8 Å². The Morgan fingerprint density at radius 3 is 2.50 bits per heavy atom. The van der Waals surface area contributed by atoms with E-state index >= 15 is 0 Å². The van der Waals surface area contributed by atoms with Gasteiger partial charge in [-0.3, -0.25) is 14.4 Å². The van der Waals surface area contributed by atoms with Crippen LogP contribution in [0.2, 0.25) is 0 Å². The lowest BCUT2D eigenvalue weighted by Gasteiger charge is -2.28. The van der Waals surface area contributed by atoms with Gasteiger partial charge in [0.2, 0.25) is 11.8 Å². The van der Waals surface area contributed by atoms with Gasteiger partial charge < -0.3 is 11.1 Å². The van der Waals surface area contributed by atoms with Gasteiger partial charge in [0, 0.05) is 19.3 Å². The predicted octanol–water partition coefficient (Wildman–Crippen LogP) is 1.30. The molecule has 0 bridgehead atoms. The van der Waals surface area contributed by atoms with Crippen LogP contribution in [0.4, 0.5) is 0 Å². The summed E-state index contributed by atoms with van der Waals surface area (Å²) in [7, 11) is 0. The third kappa shape index (κ3) is 4.05. The molecule has 0 aromatic rings.